The van der Waals surface area contributed by atoms with E-state index in [-0.39, 0.29) is 18.5 Å². The van der Waals surface area contributed by atoms with Crippen LogP contribution in [0.2, 0.25) is 0 Å². The number of rotatable bonds is 8. The zero-order chi connectivity index (χ0) is 16.5. The molecule has 23 heavy (non-hydrogen) atoms. The molecule has 1 fully saturated rings. The minimum absolute atomic E-state index is 0.0360. The first-order valence-electron chi connectivity index (χ1n) is 8.01. The Morgan fingerprint density at radius 3 is 2.74 bits per heavy atom. The molecule has 0 bridgehead atoms. The summed E-state index contributed by atoms with van der Waals surface area (Å²) >= 11 is 0. The number of amides is 2. The first kappa shape index (κ1) is 17.3. The molecule has 2 amide bonds. The average Bonchev–Trinajstić information content (AvgIpc) is 3.05. The zero-order valence-electron chi connectivity index (χ0n) is 13.2. The maximum Gasteiger partial charge on any atom is 0.315 e. The third kappa shape index (κ3) is 6.69. The van der Waals surface area contributed by atoms with E-state index >= 15 is 0 Å². The lowest BCUT2D eigenvalue weighted by molar-refractivity contribution is -0.137. The zero-order valence-corrected chi connectivity index (χ0v) is 13.2. The molecular weight excluding hydrogens is 296 g/mol. The van der Waals surface area contributed by atoms with Gasteiger partial charge in [0.25, 0.3) is 0 Å². The van der Waals surface area contributed by atoms with E-state index < -0.39 is 5.97 Å². The Bertz CT molecular complexity index is 501. The van der Waals surface area contributed by atoms with E-state index in [0.717, 1.165) is 18.6 Å². The van der Waals surface area contributed by atoms with Crippen molar-refractivity contribution in [2.24, 2.45) is 5.92 Å². The van der Waals surface area contributed by atoms with Gasteiger partial charge in [0.05, 0.1) is 6.61 Å². The van der Waals surface area contributed by atoms with E-state index in [0.29, 0.717) is 31.9 Å². The summed E-state index contributed by atoms with van der Waals surface area (Å²) in [4.78, 5) is 22.8. The van der Waals surface area contributed by atoms with Crippen LogP contribution in [0.25, 0.3) is 0 Å². The molecule has 0 radical (unpaired) electrons. The van der Waals surface area contributed by atoms with Crippen molar-refractivity contribution in [2.45, 2.75) is 31.7 Å². The molecule has 1 aliphatic heterocycles. The summed E-state index contributed by atoms with van der Waals surface area (Å²) in [5, 5.41) is 14.6. The van der Waals surface area contributed by atoms with Crippen molar-refractivity contribution in [3.8, 4) is 0 Å². The monoisotopic (exact) mass is 320 g/mol. The number of hydrogen-bond acceptors (Lipinski definition) is 3. The molecule has 126 valence electrons. The van der Waals surface area contributed by atoms with Crippen LogP contribution in [0.4, 0.5) is 4.79 Å². The van der Waals surface area contributed by atoms with Crippen LogP contribution in [0, 0.1) is 5.92 Å². The Balaban J connectivity index is 1.82. The van der Waals surface area contributed by atoms with Gasteiger partial charge in [-0.1, -0.05) is 30.3 Å². The molecule has 3 N–H and O–H groups in total. The van der Waals surface area contributed by atoms with Crippen molar-refractivity contribution >= 4 is 12.0 Å². The van der Waals surface area contributed by atoms with Gasteiger partial charge in [-0.25, -0.2) is 4.79 Å². The van der Waals surface area contributed by atoms with Crippen LogP contribution in [0.1, 0.15) is 24.8 Å². The number of carbonyl (C=O) groups is 2. The van der Waals surface area contributed by atoms with Gasteiger partial charge in [0.15, 0.2) is 0 Å². The van der Waals surface area contributed by atoms with Crippen LogP contribution < -0.4 is 10.6 Å². The molecule has 1 aromatic carbocycles. The first-order chi connectivity index (χ1) is 11.1. The Morgan fingerprint density at radius 2 is 2.09 bits per heavy atom. The van der Waals surface area contributed by atoms with Crippen molar-refractivity contribution in [1.82, 2.24) is 10.6 Å². The molecule has 6 heteroatoms. The van der Waals surface area contributed by atoms with Crippen molar-refractivity contribution < 1.29 is 19.4 Å². The molecule has 6 nitrogen and oxygen atoms in total. The number of benzene rings is 1. The van der Waals surface area contributed by atoms with E-state index in [9.17, 15) is 9.59 Å². The van der Waals surface area contributed by atoms with E-state index in [2.05, 4.69) is 10.6 Å². The van der Waals surface area contributed by atoms with Gasteiger partial charge in [0, 0.05) is 31.5 Å². The molecule has 2 unspecified atom stereocenters. The molecule has 1 heterocycles. The highest BCUT2D eigenvalue weighted by atomic mass is 16.5. The minimum Gasteiger partial charge on any atom is -0.481 e. The summed E-state index contributed by atoms with van der Waals surface area (Å²) in [6.45, 7) is 2.03. The second-order valence-electron chi connectivity index (χ2n) is 5.90. The Labute approximate surface area is 136 Å². The van der Waals surface area contributed by atoms with Crippen LogP contribution in [0.15, 0.2) is 30.3 Å². The number of carboxylic acids is 1. The smallest absolute Gasteiger partial charge is 0.315 e. The van der Waals surface area contributed by atoms with Crippen molar-refractivity contribution in [3.05, 3.63) is 35.9 Å². The maximum atomic E-state index is 12.0. The van der Waals surface area contributed by atoms with Gasteiger partial charge in [-0.05, 0) is 24.8 Å². The molecular formula is C17H24N2O4. The number of ether oxygens (including phenoxy) is 1. The van der Waals surface area contributed by atoms with Crippen molar-refractivity contribution in [2.75, 3.05) is 19.8 Å². The molecule has 2 atom stereocenters. The Hall–Kier alpha value is -2.08. The molecule has 0 saturated carbocycles. The number of aliphatic carboxylic acids is 1. The summed E-state index contributed by atoms with van der Waals surface area (Å²) in [6.07, 6.45) is 2.03. The average molecular weight is 320 g/mol. The maximum absolute atomic E-state index is 12.0. The van der Waals surface area contributed by atoms with Crippen LogP contribution in [0.5, 0.6) is 0 Å². The molecule has 0 aliphatic carbocycles. The van der Waals surface area contributed by atoms with Gasteiger partial charge in [-0.2, -0.15) is 0 Å². The molecule has 1 aliphatic rings. The predicted octanol–water partition coefficient (Wildman–Crippen LogP) is 1.80. The fourth-order valence-electron chi connectivity index (χ4n) is 2.64. The number of nitrogens with one attached hydrogen (secondary N) is 2. The third-order valence-corrected chi connectivity index (χ3v) is 3.94. The fourth-order valence-corrected chi connectivity index (χ4v) is 2.64. The predicted molar refractivity (Wildman–Crippen MR) is 86.3 cm³/mol. The van der Waals surface area contributed by atoms with Gasteiger partial charge in [-0.3, -0.25) is 4.79 Å². The van der Waals surface area contributed by atoms with Gasteiger partial charge in [0.2, 0.25) is 0 Å². The number of urea groups is 1. The summed E-state index contributed by atoms with van der Waals surface area (Å²) in [5.41, 5.74) is 1.08. The standard InChI is InChI=1S/C17H24N2O4/c20-16(21)7-6-15(10-13-4-2-1-3-5-13)19-17(22)18-11-14-8-9-23-12-14/h1-5,14-15H,6-12H2,(H,20,21)(H2,18,19,22). The Kier molecular flexibility index (Phi) is 6.87. The van der Waals surface area contributed by atoms with Crippen LogP contribution in [-0.2, 0) is 16.0 Å². The topological polar surface area (TPSA) is 87.7 Å². The lowest BCUT2D eigenvalue weighted by Gasteiger charge is -2.19. The van der Waals surface area contributed by atoms with Crippen LogP contribution in [-0.4, -0.2) is 42.9 Å². The second-order valence-corrected chi connectivity index (χ2v) is 5.90. The highest BCUT2D eigenvalue weighted by molar-refractivity contribution is 5.74. The van der Waals surface area contributed by atoms with Crippen molar-refractivity contribution in [1.29, 1.82) is 0 Å². The van der Waals surface area contributed by atoms with E-state index in [1.54, 1.807) is 0 Å². The lowest BCUT2D eigenvalue weighted by Crippen LogP contribution is -2.44. The third-order valence-electron chi connectivity index (χ3n) is 3.94. The summed E-state index contributed by atoms with van der Waals surface area (Å²) in [5.74, 6) is -0.485. The number of carboxylic acid groups (broad SMARTS) is 1. The van der Waals surface area contributed by atoms with E-state index in [1.165, 1.54) is 0 Å². The van der Waals surface area contributed by atoms with E-state index in [1.807, 2.05) is 30.3 Å². The van der Waals surface area contributed by atoms with Gasteiger partial charge in [0.1, 0.15) is 0 Å². The molecule has 2 rings (SSSR count). The highest BCUT2D eigenvalue weighted by Crippen LogP contribution is 2.11. The molecule has 0 spiro atoms. The summed E-state index contributed by atoms with van der Waals surface area (Å²) in [7, 11) is 0. The summed E-state index contributed by atoms with van der Waals surface area (Å²) in [6, 6.07) is 9.30. The van der Waals surface area contributed by atoms with Gasteiger partial charge < -0.3 is 20.5 Å². The molecule has 1 saturated heterocycles. The minimum atomic E-state index is -0.853. The molecule has 0 aromatic heterocycles. The van der Waals surface area contributed by atoms with Crippen molar-refractivity contribution in [3.63, 3.8) is 0 Å². The highest BCUT2D eigenvalue weighted by Gasteiger charge is 2.18. The Morgan fingerprint density at radius 1 is 1.30 bits per heavy atom. The SMILES string of the molecule is O=C(O)CCC(Cc1ccccc1)NC(=O)NCC1CCOC1. The normalized spacial score (nSPS) is 18.3. The van der Waals surface area contributed by atoms with Crippen LogP contribution in [0.3, 0.4) is 0 Å². The quantitative estimate of drug-likeness (QED) is 0.681. The number of hydrogen-bond donors (Lipinski definition) is 3. The second kappa shape index (κ2) is 9.15. The first-order valence-corrected chi connectivity index (χ1v) is 8.01. The van der Waals surface area contributed by atoms with Crippen LogP contribution >= 0.6 is 0 Å². The van der Waals surface area contributed by atoms with E-state index in [4.69, 9.17) is 9.84 Å². The van der Waals surface area contributed by atoms with Gasteiger partial charge in [-0.15, -0.1) is 0 Å². The lowest BCUT2D eigenvalue weighted by atomic mass is 10.0. The largest absolute Gasteiger partial charge is 0.481 e. The fraction of sp³-hybridized carbons (Fsp3) is 0.529. The van der Waals surface area contributed by atoms with Gasteiger partial charge >= 0.3 is 12.0 Å². The number of carbonyl (C=O) groups excluding carboxylic acids is 1. The molecule has 1 aromatic rings. The summed E-state index contributed by atoms with van der Waals surface area (Å²) < 4.78 is 5.28.